The number of hydrazine groups is 2. The van der Waals surface area contributed by atoms with E-state index in [9.17, 15) is 67.2 Å². The van der Waals surface area contributed by atoms with Crippen molar-refractivity contribution in [2.24, 2.45) is 0 Å². The van der Waals surface area contributed by atoms with Crippen molar-refractivity contribution in [2.75, 3.05) is 44.0 Å². The van der Waals surface area contributed by atoms with Crippen molar-refractivity contribution < 1.29 is 81.1 Å². The molecule has 0 aliphatic rings. The van der Waals surface area contributed by atoms with Crippen LogP contribution in [0.4, 0.5) is 60.5 Å². The van der Waals surface area contributed by atoms with Gasteiger partial charge in [-0.3, -0.25) is 60.0 Å². The van der Waals surface area contributed by atoms with E-state index in [0.29, 0.717) is 41.9 Å². The molecule has 5 amide bonds. The zero-order valence-electron chi connectivity index (χ0n) is 45.5. The number of rotatable bonds is 27. The van der Waals surface area contributed by atoms with Crippen molar-refractivity contribution in [2.45, 2.75) is 95.2 Å². The predicted octanol–water partition coefficient (Wildman–Crippen LogP) is 6.40. The number of aryl methyl sites for hydroxylation is 2. The minimum Gasteiger partial charge on any atom is -0.352 e. The molecule has 0 saturated heterocycles. The van der Waals surface area contributed by atoms with Gasteiger partial charge in [0, 0.05) is 53.5 Å². The van der Waals surface area contributed by atoms with E-state index >= 15 is 0 Å². The third-order valence-corrected chi connectivity index (χ3v) is 15.4. The molecule has 0 radical (unpaired) electrons. The maximum atomic E-state index is 13.4. The normalized spacial score (nSPS) is 11.7. The van der Waals surface area contributed by atoms with Crippen LogP contribution in [0.2, 0.25) is 0 Å². The number of unbranched alkanes of at least 4 members (excludes halogenated alkanes) is 3. The number of halogens is 6. The zero-order chi connectivity index (χ0) is 61.4. The highest BCUT2D eigenvalue weighted by Gasteiger charge is 2.39. The second-order valence-electron chi connectivity index (χ2n) is 18.9. The molecule has 0 aliphatic heterocycles. The van der Waals surface area contributed by atoms with Crippen LogP contribution in [0.25, 0.3) is 0 Å². The number of hydrogen-bond acceptors (Lipinski definition) is 13. The van der Waals surface area contributed by atoms with E-state index in [-0.39, 0.29) is 75.0 Å². The Balaban J connectivity index is 0.871. The van der Waals surface area contributed by atoms with Crippen molar-refractivity contribution in [3.8, 4) is 0 Å². The molecular formula is C54H60F6N12O10S2+2. The van der Waals surface area contributed by atoms with Crippen LogP contribution in [0, 0.1) is 27.7 Å². The molecule has 10 N–H and O–H groups in total. The van der Waals surface area contributed by atoms with E-state index in [1.165, 1.54) is 108 Å². The van der Waals surface area contributed by atoms with Crippen LogP contribution in [-0.2, 0) is 63.8 Å². The number of benzene rings is 4. The van der Waals surface area contributed by atoms with Crippen molar-refractivity contribution in [3.63, 3.8) is 0 Å². The number of nitrogens with one attached hydrogen (secondary N) is 10. The molecule has 2 aromatic heterocycles. The molecule has 2 heterocycles. The largest absolute Gasteiger partial charge is 0.472 e. The number of hydrogen-bond donors (Lipinski definition) is 10. The number of carbonyl (C=O) groups is 5. The first-order chi connectivity index (χ1) is 39.6. The van der Waals surface area contributed by atoms with Gasteiger partial charge in [0.1, 0.15) is 5.56 Å². The Morgan fingerprint density at radius 3 is 1.42 bits per heavy atom. The van der Waals surface area contributed by atoms with Crippen molar-refractivity contribution in [1.29, 1.82) is 0 Å². The molecule has 6 aromatic rings. The minimum absolute atomic E-state index is 0.0488. The van der Waals surface area contributed by atoms with Gasteiger partial charge in [-0.2, -0.15) is 35.5 Å². The molecule has 22 nitrogen and oxygen atoms in total. The lowest BCUT2D eigenvalue weighted by Crippen LogP contribution is -2.41. The number of hydroxylamine groups is 1. The van der Waals surface area contributed by atoms with E-state index in [0.717, 1.165) is 24.8 Å². The number of aromatic nitrogens is 2. The van der Waals surface area contributed by atoms with Crippen LogP contribution in [0.15, 0.2) is 132 Å². The highest BCUT2D eigenvalue weighted by Crippen LogP contribution is 2.31. The van der Waals surface area contributed by atoms with E-state index in [1.807, 2.05) is 6.07 Å². The molecule has 0 fully saturated rings. The number of alkyl halides is 6. The number of carbonyl (C=O) groups excluding carboxylic acids is 5. The van der Waals surface area contributed by atoms with E-state index in [4.69, 9.17) is 4.84 Å². The van der Waals surface area contributed by atoms with Crippen LogP contribution in [0.1, 0.15) is 63.9 Å². The Kier molecular flexibility index (Phi) is 21.7. The molecule has 0 unspecified atom stereocenters. The van der Waals surface area contributed by atoms with Gasteiger partial charge in [-0.25, -0.2) is 22.3 Å². The average Bonchev–Trinajstić information content (AvgIpc) is 3.51. The molecule has 0 bridgehead atoms. The summed E-state index contributed by atoms with van der Waals surface area (Å²) < 4.78 is 137. The fourth-order valence-corrected chi connectivity index (χ4v) is 10.7. The molecular weight excluding hydrogens is 1150 g/mol. The van der Waals surface area contributed by atoms with Crippen molar-refractivity contribution in [1.82, 2.24) is 21.6 Å². The molecule has 6 rings (SSSR count). The summed E-state index contributed by atoms with van der Waals surface area (Å²) >= 11 is 0. The lowest BCUT2D eigenvalue weighted by molar-refractivity contribution is -0.684. The first-order valence-electron chi connectivity index (χ1n) is 25.5. The van der Waals surface area contributed by atoms with Crippen LogP contribution >= 0.6 is 0 Å². The average molecular weight is 1220 g/mol. The van der Waals surface area contributed by atoms with Gasteiger partial charge in [-0.05, 0) is 136 Å². The number of anilines is 6. The number of sulfonamides is 2. The molecule has 0 atom stereocenters. The van der Waals surface area contributed by atoms with E-state index in [2.05, 4.69) is 41.7 Å². The Hall–Kier alpha value is -8.87. The molecule has 448 valence electrons. The lowest BCUT2D eigenvalue weighted by Gasteiger charge is -2.16. The number of nitrogens with zero attached hydrogens (tertiary/aromatic N) is 2. The van der Waals surface area contributed by atoms with Gasteiger partial charge in [-0.15, -0.1) is 0 Å². The third kappa shape index (κ3) is 18.8. The van der Waals surface area contributed by atoms with Gasteiger partial charge in [-0.1, -0.05) is 25.0 Å². The van der Waals surface area contributed by atoms with Crippen molar-refractivity contribution >= 4 is 83.7 Å². The van der Waals surface area contributed by atoms with Gasteiger partial charge in [0.15, 0.2) is 24.8 Å². The Morgan fingerprint density at radius 2 is 0.952 bits per heavy atom. The molecule has 30 heteroatoms. The molecule has 0 aliphatic carbocycles. The quantitative estimate of drug-likeness (QED) is 0.0116. The van der Waals surface area contributed by atoms with Gasteiger partial charge in [0.05, 0.1) is 27.8 Å². The monoisotopic (exact) mass is 1210 g/mol. The van der Waals surface area contributed by atoms with Crippen molar-refractivity contribution in [3.05, 3.63) is 155 Å². The number of amides is 5. The Morgan fingerprint density at radius 1 is 0.524 bits per heavy atom. The molecule has 0 saturated carbocycles. The summed E-state index contributed by atoms with van der Waals surface area (Å²) in [7, 11) is -8.45. The first kappa shape index (κ1) is 64.3. The maximum Gasteiger partial charge on any atom is 0.472 e. The standard InChI is InChI=1S/C54H58F6N12O10S2/c1-34-13-23-44(83(78,79)69-42-19-15-40(16-20-42)65-67-51(76)53(55,56)57)36(3)48(34)63-46(73)31-71-27-9-11-38(29-71)33-82-62-26-8-6-5-7-25-61-50(75)39-12-10-28-72(30-39)32-47(74)64-49-35(2)14-24-45(37(49)4)84(80,81)70-43-21-17-41(18-22-43)66-68-52(77)54(58,59)60/h9-24,27-30,62,65-66,69-70H,5-8,25-26,31-33H2,1-4H3,(H3-2,61,63,64,67,68,73,74,75,76,77)/p+2. The zero-order valence-corrected chi connectivity index (χ0v) is 47.1. The highest BCUT2D eigenvalue weighted by atomic mass is 32.2. The SMILES string of the molecule is Cc1ccc(S(=O)(=O)Nc2ccc(NNC(=O)C(F)(F)F)cc2)c(C)c1NC(=O)C[n+]1cccc(CONCCCCCCNC(=O)c2ccc[n+](CC(=O)Nc3c(C)ccc(S(=O)(=O)Nc4ccc(NNC(=O)C(F)(F)F)cc4)c3C)c2)c1. The Bertz CT molecular complexity index is 3600. The molecule has 84 heavy (non-hydrogen) atoms. The van der Waals surface area contributed by atoms with Crippen LogP contribution in [0.3, 0.4) is 0 Å². The Labute approximate surface area is 479 Å². The topological polar surface area (TPSA) is 291 Å². The lowest BCUT2D eigenvalue weighted by atomic mass is 10.1. The summed E-state index contributed by atoms with van der Waals surface area (Å²) in [5, 5.41) is 8.46. The predicted molar refractivity (Wildman–Crippen MR) is 296 cm³/mol. The summed E-state index contributed by atoms with van der Waals surface area (Å²) in [5.74, 6) is -5.70. The van der Waals surface area contributed by atoms with Gasteiger partial charge in [0.2, 0.25) is 13.1 Å². The second kappa shape index (κ2) is 28.4. The third-order valence-electron chi connectivity index (χ3n) is 12.3. The summed E-state index contributed by atoms with van der Waals surface area (Å²) in [4.78, 5) is 67.1. The van der Waals surface area contributed by atoms with Crippen LogP contribution in [0.5, 0.6) is 0 Å². The second-order valence-corrected chi connectivity index (χ2v) is 22.2. The van der Waals surface area contributed by atoms with Gasteiger partial charge in [0.25, 0.3) is 37.8 Å². The van der Waals surface area contributed by atoms with E-state index in [1.54, 1.807) is 55.2 Å². The smallest absolute Gasteiger partial charge is 0.352 e. The summed E-state index contributed by atoms with van der Waals surface area (Å²) in [6.07, 6.45) is -0.543. The molecule has 0 spiro atoms. The maximum absolute atomic E-state index is 13.4. The van der Waals surface area contributed by atoms with Gasteiger partial charge >= 0.3 is 24.2 Å². The summed E-state index contributed by atoms with van der Waals surface area (Å²) in [6, 6.07) is 22.7. The minimum atomic E-state index is -5.11. The first-order valence-corrected chi connectivity index (χ1v) is 28.5. The van der Waals surface area contributed by atoms with Crippen LogP contribution < -0.4 is 61.7 Å². The summed E-state index contributed by atoms with van der Waals surface area (Å²) in [5.41, 5.74) is 13.6. The fourth-order valence-electron chi connectivity index (χ4n) is 8.08. The fraction of sp³-hybridized carbons (Fsp3) is 0.278. The summed E-state index contributed by atoms with van der Waals surface area (Å²) in [6.45, 7) is 7.26. The molecule has 4 aromatic carbocycles. The highest BCUT2D eigenvalue weighted by molar-refractivity contribution is 7.93. The van der Waals surface area contributed by atoms with Crippen LogP contribution in [-0.4, -0.2) is 71.8 Å². The number of pyridine rings is 2. The van der Waals surface area contributed by atoms with E-state index < -0.39 is 56.0 Å². The van der Waals surface area contributed by atoms with Gasteiger partial charge < -0.3 is 16.0 Å².